The van der Waals surface area contributed by atoms with Crippen molar-refractivity contribution in [2.24, 2.45) is 0 Å². The van der Waals surface area contributed by atoms with E-state index in [0.717, 1.165) is 11.3 Å². The van der Waals surface area contributed by atoms with Crippen LogP contribution in [0, 0.1) is 5.82 Å². The summed E-state index contributed by atoms with van der Waals surface area (Å²) in [6.07, 6.45) is 0. The predicted octanol–water partition coefficient (Wildman–Crippen LogP) is 3.93. The SMILES string of the molecule is CCOC(=O)c1ccc(S(=O)(=O)Nc2nc(-c3ccc(F)cc3)cs2)cc1. The van der Waals surface area contributed by atoms with Crippen molar-refractivity contribution in [3.63, 3.8) is 0 Å². The van der Waals surface area contributed by atoms with Gasteiger partial charge in [-0.05, 0) is 55.5 Å². The molecule has 9 heteroatoms. The summed E-state index contributed by atoms with van der Waals surface area (Å²) in [5, 5.41) is 1.86. The van der Waals surface area contributed by atoms with Crippen molar-refractivity contribution < 1.29 is 22.3 Å². The summed E-state index contributed by atoms with van der Waals surface area (Å²) in [4.78, 5) is 15.9. The van der Waals surface area contributed by atoms with Gasteiger partial charge in [-0.1, -0.05) is 0 Å². The van der Waals surface area contributed by atoms with Crippen LogP contribution >= 0.6 is 11.3 Å². The van der Waals surface area contributed by atoms with Crippen LogP contribution in [0.25, 0.3) is 11.3 Å². The fourth-order valence-electron chi connectivity index (χ4n) is 2.23. The Morgan fingerprint density at radius 2 is 1.81 bits per heavy atom. The molecule has 0 radical (unpaired) electrons. The molecule has 6 nitrogen and oxygen atoms in total. The van der Waals surface area contributed by atoms with Crippen molar-refractivity contribution in [3.8, 4) is 11.3 Å². The average Bonchev–Trinajstić information content (AvgIpc) is 3.10. The molecule has 3 rings (SSSR count). The van der Waals surface area contributed by atoms with Crippen LogP contribution < -0.4 is 4.72 Å². The van der Waals surface area contributed by atoms with Gasteiger partial charge in [-0.15, -0.1) is 11.3 Å². The highest BCUT2D eigenvalue weighted by atomic mass is 32.2. The molecule has 0 amide bonds. The average molecular weight is 406 g/mol. The summed E-state index contributed by atoms with van der Waals surface area (Å²) < 4.78 is 45.2. The van der Waals surface area contributed by atoms with Crippen molar-refractivity contribution in [2.75, 3.05) is 11.3 Å². The molecule has 0 aliphatic heterocycles. The van der Waals surface area contributed by atoms with E-state index in [-0.39, 0.29) is 28.0 Å². The van der Waals surface area contributed by atoms with Gasteiger partial charge in [0.15, 0.2) is 5.13 Å². The lowest BCUT2D eigenvalue weighted by molar-refractivity contribution is 0.0526. The highest BCUT2D eigenvalue weighted by Crippen LogP contribution is 2.26. The second-order valence-corrected chi connectivity index (χ2v) is 7.94. The Morgan fingerprint density at radius 3 is 2.44 bits per heavy atom. The Bertz CT molecular complexity index is 1050. The zero-order valence-corrected chi connectivity index (χ0v) is 15.8. The van der Waals surface area contributed by atoms with Crippen LogP contribution in [0.4, 0.5) is 9.52 Å². The van der Waals surface area contributed by atoms with Crippen molar-refractivity contribution in [3.05, 3.63) is 65.3 Å². The fraction of sp³-hybridized carbons (Fsp3) is 0.111. The third-order valence-electron chi connectivity index (χ3n) is 3.54. The number of aromatic nitrogens is 1. The van der Waals surface area contributed by atoms with Gasteiger partial charge in [0.05, 0.1) is 22.8 Å². The number of thiazole rings is 1. The van der Waals surface area contributed by atoms with Crippen molar-refractivity contribution in [1.82, 2.24) is 4.98 Å². The maximum atomic E-state index is 13.0. The minimum absolute atomic E-state index is 0.00548. The molecule has 0 unspecified atom stereocenters. The fourth-order valence-corrected chi connectivity index (χ4v) is 4.20. The van der Waals surface area contributed by atoms with Crippen LogP contribution in [0.1, 0.15) is 17.3 Å². The molecule has 0 saturated heterocycles. The van der Waals surface area contributed by atoms with Crippen LogP contribution in [-0.4, -0.2) is 26.0 Å². The predicted molar refractivity (Wildman–Crippen MR) is 101 cm³/mol. The van der Waals surface area contributed by atoms with Crippen LogP contribution in [0.2, 0.25) is 0 Å². The Balaban J connectivity index is 1.76. The number of anilines is 1. The first-order chi connectivity index (χ1) is 12.9. The lowest BCUT2D eigenvalue weighted by Crippen LogP contribution is -2.13. The first-order valence-corrected chi connectivity index (χ1v) is 10.3. The largest absolute Gasteiger partial charge is 0.462 e. The summed E-state index contributed by atoms with van der Waals surface area (Å²) in [6.45, 7) is 1.93. The monoisotopic (exact) mass is 406 g/mol. The number of sulfonamides is 1. The molecule has 1 aromatic heterocycles. The van der Waals surface area contributed by atoms with Crippen LogP contribution in [-0.2, 0) is 14.8 Å². The van der Waals surface area contributed by atoms with E-state index in [4.69, 9.17) is 4.74 Å². The van der Waals surface area contributed by atoms with Crippen LogP contribution in [0.3, 0.4) is 0 Å². The smallest absolute Gasteiger partial charge is 0.338 e. The summed E-state index contributed by atoms with van der Waals surface area (Å²) in [5.41, 5.74) is 1.48. The van der Waals surface area contributed by atoms with Crippen LogP contribution in [0.15, 0.2) is 58.8 Å². The normalized spacial score (nSPS) is 11.2. The number of ether oxygens (including phenoxy) is 1. The number of rotatable bonds is 6. The Morgan fingerprint density at radius 1 is 1.15 bits per heavy atom. The maximum Gasteiger partial charge on any atom is 0.338 e. The molecule has 0 fully saturated rings. The number of carbonyl (C=O) groups excluding carboxylic acids is 1. The van der Waals surface area contributed by atoms with E-state index in [1.54, 1.807) is 24.4 Å². The van der Waals surface area contributed by atoms with Crippen molar-refractivity contribution in [1.29, 1.82) is 0 Å². The highest BCUT2D eigenvalue weighted by Gasteiger charge is 2.17. The number of carbonyl (C=O) groups is 1. The van der Waals surface area contributed by atoms with Crippen LogP contribution in [0.5, 0.6) is 0 Å². The first kappa shape index (κ1) is 19.0. The van der Waals surface area contributed by atoms with E-state index in [1.807, 2.05) is 0 Å². The number of nitrogens with one attached hydrogen (secondary N) is 1. The molecule has 140 valence electrons. The van der Waals surface area contributed by atoms with Crippen molar-refractivity contribution in [2.45, 2.75) is 11.8 Å². The first-order valence-electron chi connectivity index (χ1n) is 7.90. The Labute approximate surface area is 159 Å². The molecular formula is C18H15FN2O4S2. The quantitative estimate of drug-likeness (QED) is 0.627. The minimum atomic E-state index is -3.86. The van der Waals surface area contributed by atoms with Gasteiger partial charge in [-0.3, -0.25) is 4.72 Å². The molecule has 0 aliphatic rings. The highest BCUT2D eigenvalue weighted by molar-refractivity contribution is 7.93. The van der Waals surface area contributed by atoms with E-state index in [0.29, 0.717) is 11.3 Å². The lowest BCUT2D eigenvalue weighted by atomic mass is 10.2. The molecule has 0 bridgehead atoms. The molecule has 1 heterocycles. The molecule has 1 N–H and O–H groups in total. The number of esters is 1. The van der Waals surface area contributed by atoms with Gasteiger partial charge in [-0.25, -0.2) is 22.6 Å². The topological polar surface area (TPSA) is 85.4 Å². The van der Waals surface area contributed by atoms with E-state index < -0.39 is 16.0 Å². The molecular weight excluding hydrogens is 391 g/mol. The number of hydrogen-bond donors (Lipinski definition) is 1. The Hall–Kier alpha value is -2.78. The second kappa shape index (κ2) is 7.85. The number of halogens is 1. The van der Waals surface area contributed by atoms with Gasteiger partial charge in [0, 0.05) is 10.9 Å². The summed E-state index contributed by atoms with van der Waals surface area (Å²) >= 11 is 1.12. The molecule has 0 aliphatic carbocycles. The Kier molecular flexibility index (Phi) is 5.52. The lowest BCUT2D eigenvalue weighted by Gasteiger charge is -2.06. The molecule has 0 saturated carbocycles. The molecule has 27 heavy (non-hydrogen) atoms. The van der Waals surface area contributed by atoms with E-state index in [2.05, 4.69) is 9.71 Å². The maximum absolute atomic E-state index is 13.0. The van der Waals surface area contributed by atoms with Gasteiger partial charge in [-0.2, -0.15) is 0 Å². The summed E-state index contributed by atoms with van der Waals surface area (Å²) in [7, 11) is -3.86. The minimum Gasteiger partial charge on any atom is -0.462 e. The van der Waals surface area contributed by atoms with E-state index in [9.17, 15) is 17.6 Å². The zero-order valence-electron chi connectivity index (χ0n) is 14.2. The number of hydrogen-bond acceptors (Lipinski definition) is 6. The third-order valence-corrected chi connectivity index (χ3v) is 5.78. The van der Waals surface area contributed by atoms with Gasteiger partial charge in [0.1, 0.15) is 5.82 Å². The molecule has 0 spiro atoms. The zero-order chi connectivity index (χ0) is 19.4. The van der Waals surface area contributed by atoms with Gasteiger partial charge in [0.2, 0.25) is 0 Å². The third kappa shape index (κ3) is 4.50. The molecule has 2 aromatic carbocycles. The summed E-state index contributed by atoms with van der Waals surface area (Å²) in [6, 6.07) is 11.2. The van der Waals surface area contributed by atoms with E-state index >= 15 is 0 Å². The molecule has 0 atom stereocenters. The van der Waals surface area contributed by atoms with Gasteiger partial charge >= 0.3 is 5.97 Å². The number of benzene rings is 2. The second-order valence-electron chi connectivity index (χ2n) is 5.40. The standard InChI is InChI=1S/C18H15FN2O4S2/c1-2-25-17(22)13-5-9-15(10-6-13)27(23,24)21-18-20-16(11-26-18)12-3-7-14(19)8-4-12/h3-11H,2H2,1H3,(H,20,21). The van der Waals surface area contributed by atoms with Crippen molar-refractivity contribution >= 4 is 32.5 Å². The number of nitrogens with zero attached hydrogens (tertiary/aromatic N) is 1. The van der Waals surface area contributed by atoms with Gasteiger partial charge in [0.25, 0.3) is 10.0 Å². The van der Waals surface area contributed by atoms with E-state index in [1.165, 1.54) is 36.4 Å². The molecule has 3 aromatic rings. The summed E-state index contributed by atoms with van der Waals surface area (Å²) in [5.74, 6) is -0.876. The van der Waals surface area contributed by atoms with Gasteiger partial charge < -0.3 is 4.74 Å².